The van der Waals surface area contributed by atoms with Gasteiger partial charge in [-0.2, -0.15) is 5.10 Å². The summed E-state index contributed by atoms with van der Waals surface area (Å²) in [7, 11) is 0. The predicted octanol–water partition coefficient (Wildman–Crippen LogP) is 3.98. The third-order valence-electron chi connectivity index (χ3n) is 7.43. The van der Waals surface area contributed by atoms with E-state index in [0.29, 0.717) is 23.6 Å². The third kappa shape index (κ3) is 4.03. The minimum absolute atomic E-state index is 0.0264. The van der Waals surface area contributed by atoms with Crippen LogP contribution in [0.4, 0.5) is 0 Å². The first kappa shape index (κ1) is 20.0. The number of nitrogens with zero attached hydrogens (tertiary/aromatic N) is 1. The molecule has 0 spiro atoms. The predicted molar refractivity (Wildman–Crippen MR) is 120 cm³/mol. The van der Waals surface area contributed by atoms with Gasteiger partial charge in [0.15, 0.2) is 0 Å². The molecule has 0 heterocycles. The second-order valence-corrected chi connectivity index (χ2v) is 9.71. The fourth-order valence-corrected chi connectivity index (χ4v) is 6.29. The highest BCUT2D eigenvalue weighted by Gasteiger charge is 2.48. The van der Waals surface area contributed by atoms with Crippen molar-refractivity contribution in [2.45, 2.75) is 51.5 Å². The summed E-state index contributed by atoms with van der Waals surface area (Å²) in [5.74, 6) is 2.40. The lowest BCUT2D eigenvalue weighted by Gasteiger charge is -2.54. The van der Waals surface area contributed by atoms with E-state index in [-0.39, 0.29) is 23.6 Å². The molecule has 0 aliphatic heterocycles. The Balaban J connectivity index is 1.18. The Hall–Kier alpha value is -2.89. The van der Waals surface area contributed by atoms with Crippen LogP contribution in [0, 0.1) is 23.7 Å². The molecular weight excluding hydrogens is 390 g/mol. The van der Waals surface area contributed by atoms with Gasteiger partial charge in [-0.05, 0) is 85.6 Å². The van der Waals surface area contributed by atoms with E-state index in [1.807, 2.05) is 24.3 Å². The van der Waals surface area contributed by atoms with Crippen LogP contribution in [0.15, 0.2) is 41.5 Å². The van der Waals surface area contributed by atoms with E-state index in [1.54, 1.807) is 19.1 Å². The van der Waals surface area contributed by atoms with Crippen molar-refractivity contribution in [3.05, 3.63) is 42.0 Å². The Bertz CT molecular complexity index is 1030. The molecule has 31 heavy (non-hydrogen) atoms. The first-order chi connectivity index (χ1) is 15.0. The average molecular weight is 420 g/mol. The molecule has 2 amide bonds. The van der Waals surface area contributed by atoms with Crippen molar-refractivity contribution < 1.29 is 14.7 Å². The minimum atomic E-state index is -0.496. The molecule has 2 aromatic carbocycles. The number of carbonyl (C=O) groups is 2. The van der Waals surface area contributed by atoms with E-state index in [1.165, 1.54) is 32.1 Å². The normalized spacial score (nSPS) is 29.2. The van der Waals surface area contributed by atoms with E-state index in [0.717, 1.165) is 22.6 Å². The number of hydrogen-bond donors (Lipinski definition) is 3. The first-order valence-electron chi connectivity index (χ1n) is 11.3. The molecule has 3 N–H and O–H groups in total. The zero-order valence-electron chi connectivity index (χ0n) is 17.8. The summed E-state index contributed by atoms with van der Waals surface area (Å²) in [5.41, 5.74) is 3.17. The van der Waals surface area contributed by atoms with Gasteiger partial charge in [0.05, 0.1) is 12.0 Å². The van der Waals surface area contributed by atoms with Gasteiger partial charge >= 0.3 is 0 Å². The highest BCUT2D eigenvalue weighted by atomic mass is 16.3. The van der Waals surface area contributed by atoms with Crippen molar-refractivity contribution in [3.8, 4) is 5.75 Å². The summed E-state index contributed by atoms with van der Waals surface area (Å²) in [6.45, 7) is 1.73. The van der Waals surface area contributed by atoms with Crippen molar-refractivity contribution in [2.75, 3.05) is 0 Å². The van der Waals surface area contributed by atoms with Crippen LogP contribution in [0.5, 0.6) is 5.75 Å². The number of hydrazone groups is 1. The maximum absolute atomic E-state index is 12.6. The molecule has 0 atom stereocenters. The molecule has 6 heteroatoms. The van der Waals surface area contributed by atoms with Crippen molar-refractivity contribution in [1.29, 1.82) is 0 Å². The molecule has 0 saturated heterocycles. The maximum Gasteiger partial charge on any atom is 0.275 e. The lowest BCUT2D eigenvalue weighted by Crippen LogP contribution is -2.56. The molecule has 4 fully saturated rings. The van der Waals surface area contributed by atoms with Crippen LogP contribution in [0.1, 0.15) is 55.8 Å². The second-order valence-electron chi connectivity index (χ2n) is 9.71. The maximum atomic E-state index is 12.6. The van der Waals surface area contributed by atoms with Crippen LogP contribution in [-0.4, -0.2) is 28.7 Å². The van der Waals surface area contributed by atoms with Gasteiger partial charge in [-0.25, -0.2) is 5.43 Å². The molecule has 4 aliphatic rings. The van der Waals surface area contributed by atoms with E-state index in [4.69, 9.17) is 0 Å². The van der Waals surface area contributed by atoms with Crippen molar-refractivity contribution in [3.63, 3.8) is 0 Å². The van der Waals surface area contributed by atoms with E-state index >= 15 is 0 Å². The van der Waals surface area contributed by atoms with Gasteiger partial charge in [0.2, 0.25) is 5.91 Å². The lowest BCUT2D eigenvalue weighted by molar-refractivity contribution is -0.123. The first-order valence-corrected chi connectivity index (χ1v) is 11.3. The molecule has 0 aromatic heterocycles. The number of rotatable bonds is 5. The molecule has 162 valence electrons. The number of phenolic OH excluding ortho intramolecular Hbond substituents is 1. The zero-order valence-corrected chi connectivity index (χ0v) is 17.8. The van der Waals surface area contributed by atoms with Crippen molar-refractivity contribution in [2.24, 2.45) is 28.8 Å². The Kier molecular flexibility index (Phi) is 5.16. The molecule has 4 aliphatic carbocycles. The number of nitrogens with one attached hydrogen (secondary N) is 2. The lowest BCUT2D eigenvalue weighted by atomic mass is 9.54. The minimum Gasteiger partial charge on any atom is -0.507 e. The molecule has 6 rings (SSSR count). The fourth-order valence-electron chi connectivity index (χ4n) is 6.29. The second kappa shape index (κ2) is 7.98. The van der Waals surface area contributed by atoms with Gasteiger partial charge in [0.1, 0.15) is 5.75 Å². The molecule has 2 aromatic rings. The largest absolute Gasteiger partial charge is 0.507 e. The molecule has 4 bridgehead atoms. The number of amides is 2. The Labute approximate surface area is 182 Å². The van der Waals surface area contributed by atoms with E-state index < -0.39 is 5.91 Å². The number of hydrogen-bond acceptors (Lipinski definition) is 4. The van der Waals surface area contributed by atoms with Gasteiger partial charge in [0, 0.05) is 11.8 Å². The fraction of sp³-hybridized carbons (Fsp3) is 0.480. The van der Waals surface area contributed by atoms with Crippen LogP contribution in [0.3, 0.4) is 0 Å². The molecule has 6 nitrogen and oxygen atoms in total. The molecule has 4 saturated carbocycles. The van der Waals surface area contributed by atoms with Crippen LogP contribution >= 0.6 is 0 Å². The monoisotopic (exact) mass is 419 g/mol. The molecule has 0 radical (unpaired) electrons. The highest BCUT2D eigenvalue weighted by molar-refractivity contribution is 6.03. The Morgan fingerprint density at radius 2 is 1.61 bits per heavy atom. The van der Waals surface area contributed by atoms with Crippen molar-refractivity contribution >= 4 is 28.3 Å². The molecular formula is C25H29N3O3. The number of benzene rings is 2. The number of carbonyl (C=O) groups excluding carboxylic acids is 2. The smallest absolute Gasteiger partial charge is 0.275 e. The third-order valence-corrected chi connectivity index (χ3v) is 7.43. The Morgan fingerprint density at radius 3 is 2.26 bits per heavy atom. The summed E-state index contributed by atoms with van der Waals surface area (Å²) < 4.78 is 0. The van der Waals surface area contributed by atoms with E-state index in [2.05, 4.69) is 15.8 Å². The van der Waals surface area contributed by atoms with Gasteiger partial charge in [0.25, 0.3) is 5.91 Å². The van der Waals surface area contributed by atoms with Gasteiger partial charge in [-0.15, -0.1) is 0 Å². The number of aromatic hydroxyl groups is 1. The summed E-state index contributed by atoms with van der Waals surface area (Å²) in [6, 6.07) is 11.0. The standard InChI is InChI=1S/C25H29N3O3/c1-14(6-23(30)26-24-19-8-15-7-16(10-19)11-20(24)9-15)27-28-25(31)21-12-17-4-2-3-5-18(17)13-22(21)29/h2-5,12-13,15-16,19-20,24,29H,6-11H2,1H3,(H,26,30)(H,28,31)/b27-14+. The summed E-state index contributed by atoms with van der Waals surface area (Å²) in [5, 5.41) is 19.3. The quantitative estimate of drug-likeness (QED) is 0.506. The molecule has 0 unspecified atom stereocenters. The summed E-state index contributed by atoms with van der Waals surface area (Å²) in [4.78, 5) is 25.1. The Morgan fingerprint density at radius 1 is 1.00 bits per heavy atom. The zero-order chi connectivity index (χ0) is 21.5. The van der Waals surface area contributed by atoms with Gasteiger partial charge < -0.3 is 10.4 Å². The highest BCUT2D eigenvalue weighted by Crippen LogP contribution is 2.53. The number of fused-ring (bicyclic) bond motifs is 1. The van der Waals surface area contributed by atoms with E-state index in [9.17, 15) is 14.7 Å². The van der Waals surface area contributed by atoms with Crippen molar-refractivity contribution in [1.82, 2.24) is 10.7 Å². The van der Waals surface area contributed by atoms with Crippen LogP contribution in [0.2, 0.25) is 0 Å². The summed E-state index contributed by atoms with van der Waals surface area (Å²) in [6.07, 6.45) is 6.60. The van der Waals surface area contributed by atoms with Crippen LogP contribution in [0.25, 0.3) is 10.8 Å². The van der Waals surface area contributed by atoms with Gasteiger partial charge in [-0.1, -0.05) is 24.3 Å². The number of phenols is 1. The average Bonchev–Trinajstić information content (AvgIpc) is 2.73. The summed E-state index contributed by atoms with van der Waals surface area (Å²) >= 11 is 0. The van der Waals surface area contributed by atoms with Gasteiger partial charge in [-0.3, -0.25) is 9.59 Å². The SMILES string of the molecule is C/C(CC(=O)NC1C2CC3CC(C2)CC1C3)=N\NC(=O)c1cc2ccccc2cc1O. The topological polar surface area (TPSA) is 90.8 Å². The van der Waals surface area contributed by atoms with Crippen LogP contribution < -0.4 is 10.7 Å². The van der Waals surface area contributed by atoms with Crippen LogP contribution in [-0.2, 0) is 4.79 Å².